The van der Waals surface area contributed by atoms with Gasteiger partial charge in [0.2, 0.25) is 5.91 Å². The molecule has 0 aromatic carbocycles. The summed E-state index contributed by atoms with van der Waals surface area (Å²) >= 11 is 1.50. The van der Waals surface area contributed by atoms with Gasteiger partial charge in [-0.25, -0.2) is 0 Å². The van der Waals surface area contributed by atoms with Crippen LogP contribution in [0, 0.1) is 17.8 Å². The van der Waals surface area contributed by atoms with Crippen molar-refractivity contribution < 1.29 is 19.5 Å². The molecule has 6 nitrogen and oxygen atoms in total. The number of carbonyl (C=O) groups is 3. The summed E-state index contributed by atoms with van der Waals surface area (Å²) in [5.74, 6) is -2.06. The number of aliphatic carboxylic acids is 1. The summed E-state index contributed by atoms with van der Waals surface area (Å²) in [5, 5.41) is 16.1. The lowest BCUT2D eigenvalue weighted by Crippen LogP contribution is -2.35. The number of anilines is 1. The number of amides is 2. The summed E-state index contributed by atoms with van der Waals surface area (Å²) in [7, 11) is 0. The molecule has 0 spiro atoms. The van der Waals surface area contributed by atoms with E-state index in [0.717, 1.165) is 44.1 Å². The van der Waals surface area contributed by atoms with Crippen molar-refractivity contribution in [3.63, 3.8) is 0 Å². The van der Waals surface area contributed by atoms with Gasteiger partial charge in [-0.05, 0) is 56.4 Å². The van der Waals surface area contributed by atoms with Crippen LogP contribution in [0.15, 0.2) is 12.2 Å². The minimum Gasteiger partial charge on any atom is -0.481 e. The lowest BCUT2D eigenvalue weighted by Gasteiger charge is -2.24. The van der Waals surface area contributed by atoms with Gasteiger partial charge in [0.1, 0.15) is 5.00 Å². The number of hydrogen-bond acceptors (Lipinski definition) is 4. The Morgan fingerprint density at radius 3 is 2.52 bits per heavy atom. The molecular formula is C22H28N2O4S. The van der Waals surface area contributed by atoms with Crippen molar-refractivity contribution in [3.05, 3.63) is 28.2 Å². The maximum atomic E-state index is 13.0. The number of carboxylic acid groups (broad SMARTS) is 1. The number of fused-ring (bicyclic) bond motifs is 1. The summed E-state index contributed by atoms with van der Waals surface area (Å²) in [4.78, 5) is 38.7. The van der Waals surface area contributed by atoms with Crippen molar-refractivity contribution in [2.45, 2.75) is 64.3 Å². The van der Waals surface area contributed by atoms with Gasteiger partial charge in [0.05, 0.1) is 17.4 Å². The van der Waals surface area contributed by atoms with Crippen LogP contribution < -0.4 is 10.6 Å². The highest BCUT2D eigenvalue weighted by Crippen LogP contribution is 2.41. The van der Waals surface area contributed by atoms with Gasteiger partial charge in [0.15, 0.2) is 0 Å². The van der Waals surface area contributed by atoms with Crippen LogP contribution in [-0.4, -0.2) is 28.9 Å². The van der Waals surface area contributed by atoms with Gasteiger partial charge in [0.25, 0.3) is 5.91 Å². The third-order valence-corrected chi connectivity index (χ3v) is 7.58. The highest BCUT2D eigenvalue weighted by Gasteiger charge is 2.36. The maximum Gasteiger partial charge on any atom is 0.307 e. The van der Waals surface area contributed by atoms with E-state index in [1.807, 2.05) is 12.2 Å². The predicted molar refractivity (Wildman–Crippen MR) is 112 cm³/mol. The fourth-order valence-electron chi connectivity index (χ4n) is 4.40. The van der Waals surface area contributed by atoms with E-state index >= 15 is 0 Å². The Bertz CT molecular complexity index is 855. The van der Waals surface area contributed by atoms with Crippen molar-refractivity contribution >= 4 is 34.1 Å². The maximum absolute atomic E-state index is 13.0. The SMILES string of the molecule is CC[C@@H]1CCc2c(sc(NC(=O)[C@@H]3CC=CC[C@@H]3C(=O)O)c2C(=O)NC2CC2)C1. The van der Waals surface area contributed by atoms with Crippen LogP contribution in [0.3, 0.4) is 0 Å². The number of hydrogen-bond donors (Lipinski definition) is 3. The molecule has 7 heteroatoms. The molecule has 3 aliphatic rings. The summed E-state index contributed by atoms with van der Waals surface area (Å²) in [6, 6.07) is 0.244. The Labute approximate surface area is 174 Å². The van der Waals surface area contributed by atoms with E-state index in [-0.39, 0.29) is 17.9 Å². The molecular weight excluding hydrogens is 388 g/mol. The van der Waals surface area contributed by atoms with Crippen LogP contribution in [0.1, 0.15) is 66.2 Å². The molecule has 0 aliphatic heterocycles. The fourth-order valence-corrected chi connectivity index (χ4v) is 5.76. The molecule has 0 radical (unpaired) electrons. The fraction of sp³-hybridized carbons (Fsp3) is 0.591. The number of allylic oxidation sites excluding steroid dienone is 2. The van der Waals surface area contributed by atoms with Crippen LogP contribution in [0.2, 0.25) is 0 Å². The highest BCUT2D eigenvalue weighted by atomic mass is 32.1. The molecule has 0 saturated heterocycles. The first kappa shape index (κ1) is 20.1. The molecule has 1 aromatic heterocycles. The van der Waals surface area contributed by atoms with Gasteiger partial charge in [-0.15, -0.1) is 11.3 Å². The molecule has 1 fully saturated rings. The average molecular weight is 417 g/mol. The zero-order valence-corrected chi connectivity index (χ0v) is 17.5. The minimum absolute atomic E-state index is 0.103. The van der Waals surface area contributed by atoms with Crippen molar-refractivity contribution in [2.75, 3.05) is 5.32 Å². The zero-order chi connectivity index (χ0) is 20.5. The Balaban J connectivity index is 1.61. The third kappa shape index (κ3) is 4.25. The second kappa shape index (κ2) is 8.30. The van der Waals surface area contributed by atoms with E-state index in [1.54, 1.807) is 0 Å². The van der Waals surface area contributed by atoms with Gasteiger partial charge in [-0.2, -0.15) is 0 Å². The molecule has 1 aromatic rings. The monoisotopic (exact) mass is 416 g/mol. The lowest BCUT2D eigenvalue weighted by atomic mass is 9.82. The second-order valence-corrected chi connectivity index (χ2v) is 9.56. The van der Waals surface area contributed by atoms with Crippen LogP contribution in [0.5, 0.6) is 0 Å². The van der Waals surface area contributed by atoms with Crippen LogP contribution in [-0.2, 0) is 22.4 Å². The Kier molecular flexibility index (Phi) is 5.76. The molecule has 2 amide bonds. The smallest absolute Gasteiger partial charge is 0.307 e. The van der Waals surface area contributed by atoms with Gasteiger partial charge in [-0.3, -0.25) is 14.4 Å². The quantitative estimate of drug-likeness (QED) is 0.615. The molecule has 29 heavy (non-hydrogen) atoms. The first-order valence-electron chi connectivity index (χ1n) is 10.6. The summed E-state index contributed by atoms with van der Waals surface area (Å²) < 4.78 is 0. The first-order valence-corrected chi connectivity index (χ1v) is 11.4. The van der Waals surface area contributed by atoms with Crippen LogP contribution in [0.4, 0.5) is 5.00 Å². The molecule has 3 aliphatic carbocycles. The second-order valence-electron chi connectivity index (χ2n) is 8.46. The van der Waals surface area contributed by atoms with Gasteiger partial charge in [0, 0.05) is 10.9 Å². The van der Waals surface area contributed by atoms with Gasteiger partial charge < -0.3 is 15.7 Å². The Morgan fingerprint density at radius 2 is 1.86 bits per heavy atom. The number of rotatable bonds is 6. The van der Waals surface area contributed by atoms with Gasteiger partial charge in [-0.1, -0.05) is 25.5 Å². The zero-order valence-electron chi connectivity index (χ0n) is 16.7. The van der Waals surface area contributed by atoms with Crippen molar-refractivity contribution in [2.24, 2.45) is 17.8 Å². The normalized spacial score (nSPS) is 25.9. The van der Waals surface area contributed by atoms with Crippen LogP contribution in [0.25, 0.3) is 0 Å². The predicted octanol–water partition coefficient (Wildman–Crippen LogP) is 3.76. The molecule has 3 N–H and O–H groups in total. The summed E-state index contributed by atoms with van der Waals surface area (Å²) in [6.07, 6.45) is 10.5. The van der Waals surface area contributed by atoms with E-state index in [4.69, 9.17) is 0 Å². The van der Waals surface area contributed by atoms with E-state index < -0.39 is 17.8 Å². The average Bonchev–Trinajstić information content (AvgIpc) is 3.45. The third-order valence-electron chi connectivity index (χ3n) is 6.41. The molecule has 1 heterocycles. The molecule has 0 bridgehead atoms. The van der Waals surface area contributed by atoms with Crippen molar-refractivity contribution in [1.29, 1.82) is 0 Å². The van der Waals surface area contributed by atoms with E-state index in [2.05, 4.69) is 17.6 Å². The number of carbonyl (C=O) groups excluding carboxylic acids is 2. The molecule has 1 saturated carbocycles. The molecule has 3 atom stereocenters. The first-order chi connectivity index (χ1) is 14.0. The number of nitrogens with one attached hydrogen (secondary N) is 2. The standard InChI is InChI=1S/C22H28N2O4S/c1-2-12-7-10-16-17(11-12)29-21(18(16)20(26)23-13-8-9-13)24-19(25)14-5-3-4-6-15(14)22(27)28/h3-4,12-15H,2,5-11H2,1H3,(H,23,26)(H,24,25)(H,27,28)/t12-,14-,15+/m1/s1. The summed E-state index contributed by atoms with van der Waals surface area (Å²) in [5.41, 5.74) is 1.68. The summed E-state index contributed by atoms with van der Waals surface area (Å²) in [6.45, 7) is 2.19. The highest BCUT2D eigenvalue weighted by molar-refractivity contribution is 7.17. The molecule has 4 rings (SSSR count). The van der Waals surface area contributed by atoms with E-state index in [1.165, 1.54) is 16.2 Å². The molecule has 0 unspecified atom stereocenters. The lowest BCUT2D eigenvalue weighted by molar-refractivity contribution is -0.146. The topological polar surface area (TPSA) is 95.5 Å². The van der Waals surface area contributed by atoms with E-state index in [9.17, 15) is 19.5 Å². The minimum atomic E-state index is -0.947. The van der Waals surface area contributed by atoms with Crippen molar-refractivity contribution in [3.8, 4) is 0 Å². The van der Waals surface area contributed by atoms with Crippen LogP contribution >= 0.6 is 11.3 Å². The molecule has 156 valence electrons. The Morgan fingerprint density at radius 1 is 1.14 bits per heavy atom. The largest absolute Gasteiger partial charge is 0.481 e. The number of thiophene rings is 1. The Hall–Kier alpha value is -2.15. The van der Waals surface area contributed by atoms with E-state index in [0.29, 0.717) is 29.3 Å². The van der Waals surface area contributed by atoms with Crippen molar-refractivity contribution in [1.82, 2.24) is 5.32 Å². The van der Waals surface area contributed by atoms with Gasteiger partial charge >= 0.3 is 5.97 Å². The number of carboxylic acids is 1.